The van der Waals surface area contributed by atoms with Crippen LogP contribution in [0.5, 0.6) is 11.5 Å². The van der Waals surface area contributed by atoms with Gasteiger partial charge in [0.05, 0.1) is 11.6 Å². The van der Waals surface area contributed by atoms with Crippen molar-refractivity contribution in [1.82, 2.24) is 9.66 Å². The zero-order chi connectivity index (χ0) is 18.5. The number of nitrogens with zero attached hydrogens (tertiary/aromatic N) is 3. The van der Waals surface area contributed by atoms with Gasteiger partial charge in [-0.05, 0) is 66.2 Å². The third kappa shape index (κ3) is 2.78. The van der Waals surface area contributed by atoms with Crippen LogP contribution in [0.1, 0.15) is 34.7 Å². The second-order valence-electron chi connectivity index (χ2n) is 6.64. The molecule has 8 heteroatoms. The summed E-state index contributed by atoms with van der Waals surface area (Å²) in [6, 6.07) is 3.69. The molecule has 0 unspecified atom stereocenters. The number of ether oxygens (including phenoxy) is 2. The van der Waals surface area contributed by atoms with Gasteiger partial charge < -0.3 is 9.47 Å². The molecule has 6 nitrogen and oxygen atoms in total. The van der Waals surface area contributed by atoms with Gasteiger partial charge in [0.15, 0.2) is 11.5 Å². The highest BCUT2D eigenvalue weighted by Gasteiger charge is 2.21. The zero-order valence-electron chi connectivity index (χ0n) is 14.6. The van der Waals surface area contributed by atoms with E-state index in [2.05, 4.69) is 26.0 Å². The third-order valence-corrected chi connectivity index (χ3v) is 6.81. The minimum absolute atomic E-state index is 0.0926. The molecule has 138 valence electrons. The van der Waals surface area contributed by atoms with Crippen LogP contribution in [-0.2, 0) is 12.8 Å². The second-order valence-corrected chi connectivity index (χ2v) is 8.58. The zero-order valence-corrected chi connectivity index (χ0v) is 17.0. The average molecular weight is 446 g/mol. The molecule has 0 spiro atoms. The van der Waals surface area contributed by atoms with Crippen LogP contribution in [0.2, 0.25) is 0 Å². The molecule has 27 heavy (non-hydrogen) atoms. The van der Waals surface area contributed by atoms with Gasteiger partial charge in [-0.1, -0.05) is 0 Å². The number of halogens is 1. The van der Waals surface area contributed by atoms with Gasteiger partial charge in [-0.2, -0.15) is 9.78 Å². The summed E-state index contributed by atoms with van der Waals surface area (Å²) in [6.45, 7) is 2.02. The van der Waals surface area contributed by atoms with Gasteiger partial charge in [-0.15, -0.1) is 11.3 Å². The highest BCUT2D eigenvalue weighted by atomic mass is 79.9. The van der Waals surface area contributed by atoms with Gasteiger partial charge in [0.25, 0.3) is 5.56 Å². The van der Waals surface area contributed by atoms with Crippen molar-refractivity contribution in [3.63, 3.8) is 0 Å². The van der Waals surface area contributed by atoms with Crippen molar-refractivity contribution in [3.8, 4) is 11.5 Å². The van der Waals surface area contributed by atoms with Crippen LogP contribution >= 0.6 is 27.3 Å². The van der Waals surface area contributed by atoms with Gasteiger partial charge in [0, 0.05) is 14.9 Å². The first kappa shape index (κ1) is 16.9. The number of rotatable bonds is 2. The molecule has 0 radical (unpaired) electrons. The van der Waals surface area contributed by atoms with Gasteiger partial charge in [-0.25, -0.2) is 4.98 Å². The van der Waals surface area contributed by atoms with E-state index < -0.39 is 0 Å². The number of hydrogen-bond acceptors (Lipinski definition) is 6. The number of aryl methyl sites for hydroxylation is 3. The smallest absolute Gasteiger partial charge is 0.283 e. The van der Waals surface area contributed by atoms with E-state index in [1.54, 1.807) is 17.6 Å². The third-order valence-electron chi connectivity index (χ3n) is 4.93. The highest BCUT2D eigenvalue weighted by molar-refractivity contribution is 9.10. The number of thiophene rings is 1. The van der Waals surface area contributed by atoms with Crippen LogP contribution in [0.15, 0.2) is 26.5 Å². The maximum Gasteiger partial charge on any atom is 0.283 e. The van der Waals surface area contributed by atoms with E-state index in [9.17, 15) is 4.79 Å². The Kier molecular flexibility index (Phi) is 4.05. The summed E-state index contributed by atoms with van der Waals surface area (Å²) in [6.07, 6.45) is 5.95. The number of aromatic nitrogens is 2. The normalized spacial score (nSPS) is 15.6. The summed E-state index contributed by atoms with van der Waals surface area (Å²) >= 11 is 5.17. The minimum atomic E-state index is -0.0926. The summed E-state index contributed by atoms with van der Waals surface area (Å²) in [7, 11) is 0. The lowest BCUT2D eigenvalue weighted by molar-refractivity contribution is 0.174. The Balaban J connectivity index is 1.61. The van der Waals surface area contributed by atoms with E-state index in [-0.39, 0.29) is 12.4 Å². The summed E-state index contributed by atoms with van der Waals surface area (Å²) in [4.78, 5) is 19.9. The largest absolute Gasteiger partial charge is 0.454 e. The van der Waals surface area contributed by atoms with Gasteiger partial charge in [0.2, 0.25) is 6.79 Å². The van der Waals surface area contributed by atoms with Crippen LogP contribution in [0, 0.1) is 6.92 Å². The first-order valence-electron chi connectivity index (χ1n) is 8.79. The van der Waals surface area contributed by atoms with Crippen LogP contribution in [0.25, 0.3) is 10.2 Å². The lowest BCUT2D eigenvalue weighted by Crippen LogP contribution is -2.21. The Labute approximate surface area is 167 Å². The van der Waals surface area contributed by atoms with Gasteiger partial charge in [0.1, 0.15) is 10.7 Å². The number of fused-ring (bicyclic) bond motifs is 4. The molecule has 3 aromatic rings. The summed E-state index contributed by atoms with van der Waals surface area (Å²) < 4.78 is 13.0. The Morgan fingerprint density at radius 2 is 2.04 bits per heavy atom. The Hall–Kier alpha value is -2.19. The SMILES string of the molecule is Cc1nc2sc3c(c2c(=O)n1/N=C\c1cc2c(cc1Br)OCO2)CCCC3. The molecular formula is C19H16BrN3O3S. The van der Waals surface area contributed by atoms with Gasteiger partial charge >= 0.3 is 0 Å². The van der Waals surface area contributed by atoms with Crippen molar-refractivity contribution in [1.29, 1.82) is 0 Å². The second kappa shape index (κ2) is 6.45. The standard InChI is InChI=1S/C19H16BrN3O3S/c1-10-22-18-17(12-4-2-3-5-16(12)27-18)19(24)23(10)21-8-11-6-14-15(7-13(11)20)26-9-25-14/h6-8H,2-5,9H2,1H3/b21-8-. The predicted octanol–water partition coefficient (Wildman–Crippen LogP) is 4.02. The molecule has 2 aliphatic rings. The van der Waals surface area contributed by atoms with Crippen molar-refractivity contribution in [3.05, 3.63) is 48.8 Å². The molecule has 0 saturated carbocycles. The van der Waals surface area contributed by atoms with E-state index in [1.807, 2.05) is 19.1 Å². The molecule has 1 aliphatic heterocycles. The molecular weight excluding hydrogens is 430 g/mol. The summed E-state index contributed by atoms with van der Waals surface area (Å²) in [5.74, 6) is 1.95. The van der Waals surface area contributed by atoms with Crippen LogP contribution in [-0.4, -0.2) is 22.7 Å². The van der Waals surface area contributed by atoms with E-state index in [0.29, 0.717) is 17.3 Å². The molecule has 0 saturated heterocycles. The predicted molar refractivity (Wildman–Crippen MR) is 109 cm³/mol. The van der Waals surface area contributed by atoms with Crippen molar-refractivity contribution < 1.29 is 9.47 Å². The Bertz CT molecular complexity index is 1170. The molecule has 2 aromatic heterocycles. The fourth-order valence-electron chi connectivity index (χ4n) is 3.59. The van der Waals surface area contributed by atoms with Crippen molar-refractivity contribution in [2.24, 2.45) is 5.10 Å². The van der Waals surface area contributed by atoms with Gasteiger partial charge in [-0.3, -0.25) is 4.79 Å². The first-order valence-corrected chi connectivity index (χ1v) is 10.4. The molecule has 0 atom stereocenters. The van der Waals surface area contributed by atoms with E-state index >= 15 is 0 Å². The maximum atomic E-state index is 13.1. The minimum Gasteiger partial charge on any atom is -0.454 e. The topological polar surface area (TPSA) is 65.7 Å². The summed E-state index contributed by atoms with van der Waals surface area (Å²) in [5, 5.41) is 5.17. The number of benzene rings is 1. The molecule has 1 aromatic carbocycles. The fourth-order valence-corrected chi connectivity index (χ4v) is 5.31. The van der Waals surface area contributed by atoms with E-state index in [4.69, 9.17) is 9.47 Å². The maximum absolute atomic E-state index is 13.1. The molecule has 3 heterocycles. The van der Waals surface area contributed by atoms with E-state index in [0.717, 1.165) is 39.5 Å². The molecule has 0 bridgehead atoms. The molecule has 0 amide bonds. The van der Waals surface area contributed by atoms with Crippen molar-refractivity contribution in [2.75, 3.05) is 6.79 Å². The quantitative estimate of drug-likeness (QED) is 0.558. The van der Waals surface area contributed by atoms with Crippen LogP contribution in [0.3, 0.4) is 0 Å². The summed E-state index contributed by atoms with van der Waals surface area (Å²) in [5.41, 5.74) is 1.88. The molecule has 5 rings (SSSR count). The molecule has 0 N–H and O–H groups in total. The van der Waals surface area contributed by atoms with Crippen LogP contribution in [0.4, 0.5) is 0 Å². The Morgan fingerprint density at radius 3 is 2.89 bits per heavy atom. The monoisotopic (exact) mass is 445 g/mol. The lowest BCUT2D eigenvalue weighted by atomic mass is 9.97. The van der Waals surface area contributed by atoms with Crippen LogP contribution < -0.4 is 15.0 Å². The first-order chi connectivity index (χ1) is 13.1. The lowest BCUT2D eigenvalue weighted by Gasteiger charge is -2.10. The van der Waals surface area contributed by atoms with Crippen molar-refractivity contribution in [2.45, 2.75) is 32.6 Å². The number of hydrogen-bond donors (Lipinski definition) is 0. The van der Waals surface area contributed by atoms with E-state index in [1.165, 1.54) is 21.5 Å². The average Bonchev–Trinajstić information content (AvgIpc) is 3.24. The highest BCUT2D eigenvalue weighted by Crippen LogP contribution is 2.36. The van der Waals surface area contributed by atoms with Crippen molar-refractivity contribution >= 4 is 43.7 Å². The Morgan fingerprint density at radius 1 is 1.26 bits per heavy atom. The molecule has 1 aliphatic carbocycles. The fraction of sp³-hybridized carbons (Fsp3) is 0.316. The molecule has 0 fully saturated rings.